The number of hydrogen-bond acceptors (Lipinski definition) is 10. The maximum atomic E-state index is 14.1. The minimum Gasteiger partial charge on any atom is -0.497 e. The van der Waals surface area contributed by atoms with Crippen LogP contribution in [-0.2, 0) is 9.53 Å². The van der Waals surface area contributed by atoms with E-state index in [2.05, 4.69) is 0 Å². The van der Waals surface area contributed by atoms with Crippen molar-refractivity contribution < 1.29 is 33.3 Å². The van der Waals surface area contributed by atoms with Gasteiger partial charge in [-0.2, -0.15) is 0 Å². The number of fused-ring (bicyclic) bond motifs is 1. The van der Waals surface area contributed by atoms with Crippen molar-refractivity contribution in [2.75, 3.05) is 27.9 Å². The van der Waals surface area contributed by atoms with Crippen molar-refractivity contribution in [3.63, 3.8) is 0 Å². The summed E-state index contributed by atoms with van der Waals surface area (Å²) in [5.74, 6) is 0.977. The molecule has 1 aromatic heterocycles. The van der Waals surface area contributed by atoms with E-state index in [4.69, 9.17) is 28.7 Å². The van der Waals surface area contributed by atoms with E-state index in [1.807, 2.05) is 6.92 Å². The van der Waals surface area contributed by atoms with Gasteiger partial charge in [0.05, 0.1) is 49.3 Å². The molecule has 11 heteroatoms. The SMILES string of the molecule is CCCC1=C(C(=O)OCC)[C@H](c2cc(OC)ccc2OC)n2c(s/c(=C\c3ccc(OC(=O)c4ccc(OC)cc4)cc3)c2=O)=N1. The van der Waals surface area contributed by atoms with E-state index in [0.29, 0.717) is 61.1 Å². The van der Waals surface area contributed by atoms with E-state index in [0.717, 1.165) is 6.42 Å². The molecule has 0 aliphatic carbocycles. The Hall–Kier alpha value is -5.16. The van der Waals surface area contributed by atoms with Crippen LogP contribution in [0, 0.1) is 0 Å². The summed E-state index contributed by atoms with van der Waals surface area (Å²) < 4.78 is 29.3. The highest BCUT2D eigenvalue weighted by Crippen LogP contribution is 2.38. The van der Waals surface area contributed by atoms with Crippen LogP contribution in [0.5, 0.6) is 23.0 Å². The molecule has 0 fully saturated rings. The Kier molecular flexibility index (Phi) is 10.0. The van der Waals surface area contributed by atoms with Gasteiger partial charge in [0.2, 0.25) is 0 Å². The minimum absolute atomic E-state index is 0.166. The number of carbonyl (C=O) groups excluding carboxylic acids is 2. The van der Waals surface area contributed by atoms with Gasteiger partial charge in [-0.1, -0.05) is 36.8 Å². The Labute approximate surface area is 269 Å². The van der Waals surface area contributed by atoms with Crippen LogP contribution in [0.2, 0.25) is 0 Å². The van der Waals surface area contributed by atoms with E-state index in [-0.39, 0.29) is 17.7 Å². The molecule has 1 aliphatic heterocycles. The molecule has 0 spiro atoms. The van der Waals surface area contributed by atoms with Crippen LogP contribution in [0.25, 0.3) is 6.08 Å². The zero-order chi connectivity index (χ0) is 32.8. The molecule has 0 saturated carbocycles. The van der Waals surface area contributed by atoms with Gasteiger partial charge in [0, 0.05) is 5.56 Å². The molecule has 0 N–H and O–H groups in total. The van der Waals surface area contributed by atoms with E-state index >= 15 is 0 Å². The molecule has 238 valence electrons. The number of ether oxygens (including phenoxy) is 5. The molecule has 0 amide bonds. The fourth-order valence-corrected chi connectivity index (χ4v) is 6.16. The molecule has 3 aromatic carbocycles. The number of rotatable bonds is 11. The summed E-state index contributed by atoms with van der Waals surface area (Å²) in [7, 11) is 4.64. The predicted octanol–water partition coefficient (Wildman–Crippen LogP) is 4.82. The van der Waals surface area contributed by atoms with E-state index < -0.39 is 18.0 Å². The number of thiazole rings is 1. The van der Waals surface area contributed by atoms with Crippen molar-refractivity contribution in [2.45, 2.75) is 32.7 Å². The number of esters is 2. The van der Waals surface area contributed by atoms with Crippen molar-refractivity contribution in [2.24, 2.45) is 4.99 Å². The molecule has 10 nitrogen and oxygen atoms in total. The van der Waals surface area contributed by atoms with Gasteiger partial charge in [0.25, 0.3) is 5.56 Å². The summed E-state index contributed by atoms with van der Waals surface area (Å²) in [6, 6.07) is 17.9. The Morgan fingerprint density at radius 3 is 2.17 bits per heavy atom. The largest absolute Gasteiger partial charge is 0.497 e. The first-order valence-electron chi connectivity index (χ1n) is 14.7. The van der Waals surface area contributed by atoms with Gasteiger partial charge in [-0.05, 0) is 79.6 Å². The molecule has 1 aliphatic rings. The average molecular weight is 643 g/mol. The number of methoxy groups -OCH3 is 3. The summed E-state index contributed by atoms with van der Waals surface area (Å²) in [5, 5.41) is 0. The fourth-order valence-electron chi connectivity index (χ4n) is 5.14. The van der Waals surface area contributed by atoms with Crippen LogP contribution in [0.1, 0.15) is 54.2 Å². The molecular formula is C35H34N2O8S. The van der Waals surface area contributed by atoms with Gasteiger partial charge in [0.1, 0.15) is 29.0 Å². The summed E-state index contributed by atoms with van der Waals surface area (Å²) in [6.45, 7) is 3.90. The Bertz CT molecular complexity index is 1960. The number of aromatic nitrogens is 1. The van der Waals surface area contributed by atoms with Crippen molar-refractivity contribution in [1.29, 1.82) is 0 Å². The number of carbonyl (C=O) groups is 2. The molecule has 1 atom stereocenters. The highest BCUT2D eigenvalue weighted by atomic mass is 32.1. The molecule has 4 aromatic rings. The first-order chi connectivity index (χ1) is 22.3. The van der Waals surface area contributed by atoms with Gasteiger partial charge >= 0.3 is 11.9 Å². The second-order valence-electron chi connectivity index (χ2n) is 10.2. The van der Waals surface area contributed by atoms with Crippen LogP contribution in [0.4, 0.5) is 0 Å². The van der Waals surface area contributed by atoms with Crippen molar-refractivity contribution in [1.82, 2.24) is 4.57 Å². The van der Waals surface area contributed by atoms with E-state index in [1.54, 1.807) is 93.9 Å². The van der Waals surface area contributed by atoms with E-state index in [1.165, 1.54) is 23.0 Å². The molecule has 0 unspecified atom stereocenters. The monoisotopic (exact) mass is 642 g/mol. The molecule has 0 radical (unpaired) electrons. The lowest BCUT2D eigenvalue weighted by atomic mass is 9.93. The quantitative estimate of drug-likeness (QED) is 0.169. The highest BCUT2D eigenvalue weighted by molar-refractivity contribution is 7.07. The topological polar surface area (TPSA) is 115 Å². The lowest BCUT2D eigenvalue weighted by Crippen LogP contribution is -2.40. The average Bonchev–Trinajstić information content (AvgIpc) is 3.38. The summed E-state index contributed by atoms with van der Waals surface area (Å²) >= 11 is 1.22. The molecular weight excluding hydrogens is 608 g/mol. The van der Waals surface area contributed by atoms with Gasteiger partial charge in [0.15, 0.2) is 4.80 Å². The third-order valence-electron chi connectivity index (χ3n) is 7.34. The zero-order valence-electron chi connectivity index (χ0n) is 26.2. The first-order valence-corrected chi connectivity index (χ1v) is 15.5. The van der Waals surface area contributed by atoms with Crippen LogP contribution in [0.15, 0.2) is 87.8 Å². The van der Waals surface area contributed by atoms with Crippen LogP contribution in [0.3, 0.4) is 0 Å². The standard InChI is InChI=1S/C35H34N2O8S/c1-6-8-27-30(34(40)44-7-2)31(26-20-25(42-4)17-18-28(26)43-5)37-32(38)29(46-35(37)36-27)19-21-9-13-24(14-10-21)45-33(39)22-11-15-23(41-3)16-12-22/h9-20,31H,6-8H2,1-5H3/b29-19-/t31-/m0/s1. The van der Waals surface area contributed by atoms with Gasteiger partial charge in [-0.3, -0.25) is 9.36 Å². The van der Waals surface area contributed by atoms with Crippen molar-refractivity contribution in [3.05, 3.63) is 114 Å². The summed E-state index contributed by atoms with van der Waals surface area (Å²) in [4.78, 5) is 45.5. The number of nitrogens with zero attached hydrogens (tertiary/aromatic N) is 2. The molecule has 2 heterocycles. The minimum atomic E-state index is -0.858. The van der Waals surface area contributed by atoms with E-state index in [9.17, 15) is 14.4 Å². The Morgan fingerprint density at radius 1 is 0.870 bits per heavy atom. The molecule has 0 bridgehead atoms. The lowest BCUT2D eigenvalue weighted by Gasteiger charge is -2.27. The smallest absolute Gasteiger partial charge is 0.343 e. The van der Waals surface area contributed by atoms with Gasteiger partial charge < -0.3 is 23.7 Å². The maximum absolute atomic E-state index is 14.1. The second kappa shape index (κ2) is 14.3. The Balaban J connectivity index is 1.57. The van der Waals surface area contributed by atoms with Crippen LogP contribution in [-0.4, -0.2) is 44.4 Å². The summed E-state index contributed by atoms with van der Waals surface area (Å²) in [6.07, 6.45) is 2.98. The fraction of sp³-hybridized carbons (Fsp3) is 0.257. The lowest BCUT2D eigenvalue weighted by molar-refractivity contribution is -0.139. The highest BCUT2D eigenvalue weighted by Gasteiger charge is 2.36. The number of allylic oxidation sites excluding steroid dienone is 1. The summed E-state index contributed by atoms with van der Waals surface area (Å²) in [5.41, 5.74) is 2.19. The van der Waals surface area contributed by atoms with Gasteiger partial charge in [-0.25, -0.2) is 14.6 Å². The second-order valence-corrected chi connectivity index (χ2v) is 11.2. The third kappa shape index (κ3) is 6.59. The number of benzene rings is 3. The first kappa shape index (κ1) is 32.2. The third-order valence-corrected chi connectivity index (χ3v) is 8.32. The normalized spacial score (nSPS) is 14.3. The van der Waals surface area contributed by atoms with Gasteiger partial charge in [-0.15, -0.1) is 0 Å². The van der Waals surface area contributed by atoms with Crippen molar-refractivity contribution >= 4 is 29.4 Å². The maximum Gasteiger partial charge on any atom is 0.343 e. The number of hydrogen-bond donors (Lipinski definition) is 0. The van der Waals surface area contributed by atoms with Crippen molar-refractivity contribution in [3.8, 4) is 23.0 Å². The predicted molar refractivity (Wildman–Crippen MR) is 174 cm³/mol. The van der Waals surface area contributed by atoms with Crippen LogP contribution >= 0.6 is 11.3 Å². The Morgan fingerprint density at radius 2 is 1.54 bits per heavy atom. The van der Waals surface area contributed by atoms with Crippen LogP contribution < -0.4 is 33.8 Å². The molecule has 0 saturated heterocycles. The zero-order valence-corrected chi connectivity index (χ0v) is 27.0. The molecule has 46 heavy (non-hydrogen) atoms. The molecule has 5 rings (SSSR count).